The van der Waals surface area contributed by atoms with Gasteiger partial charge in [0.2, 0.25) is 0 Å². The molecule has 1 aromatic carbocycles. The monoisotopic (exact) mass is 270 g/mol. The number of aromatic nitrogens is 1. The van der Waals surface area contributed by atoms with Crippen LogP contribution in [0.15, 0.2) is 30.3 Å². The Bertz CT molecular complexity index is 591. The van der Waals surface area contributed by atoms with Crippen molar-refractivity contribution in [2.24, 2.45) is 0 Å². The highest BCUT2D eigenvalue weighted by molar-refractivity contribution is 5.84. The molecule has 2 aromatic rings. The van der Waals surface area contributed by atoms with Gasteiger partial charge in [0.25, 0.3) is 0 Å². The number of pyridine rings is 1. The van der Waals surface area contributed by atoms with E-state index in [-0.39, 0.29) is 6.61 Å². The Balaban J connectivity index is 2.05. The van der Waals surface area contributed by atoms with Crippen molar-refractivity contribution in [3.05, 3.63) is 35.9 Å². The number of aliphatic hydroxyl groups excluding tert-OH is 1. The van der Waals surface area contributed by atoms with Gasteiger partial charge in [0.05, 0.1) is 12.1 Å². The smallest absolute Gasteiger partial charge is 0.129 e. The average Bonchev–Trinajstić information content (AvgIpc) is 3.01. The first-order valence-corrected chi connectivity index (χ1v) is 7.59. The number of fused-ring (bicyclic) bond motifs is 1. The molecule has 0 unspecified atom stereocenters. The van der Waals surface area contributed by atoms with Crippen molar-refractivity contribution in [1.29, 1.82) is 0 Å². The van der Waals surface area contributed by atoms with E-state index >= 15 is 0 Å². The maximum atomic E-state index is 9.63. The number of para-hydroxylation sites is 1. The molecule has 20 heavy (non-hydrogen) atoms. The SMILES string of the molecule is CCN(c1cc(CO)c2ccccc2n1)C1CCCC1. The molecule has 0 amide bonds. The van der Waals surface area contributed by atoms with E-state index < -0.39 is 0 Å². The quantitative estimate of drug-likeness (QED) is 0.923. The van der Waals surface area contributed by atoms with Gasteiger partial charge in [-0.15, -0.1) is 0 Å². The minimum atomic E-state index is 0.0677. The highest BCUT2D eigenvalue weighted by Gasteiger charge is 2.23. The maximum absolute atomic E-state index is 9.63. The number of aliphatic hydroxyl groups is 1. The third kappa shape index (κ3) is 2.38. The van der Waals surface area contributed by atoms with Gasteiger partial charge in [0.1, 0.15) is 5.82 Å². The summed E-state index contributed by atoms with van der Waals surface area (Å²) in [6.07, 6.45) is 5.16. The van der Waals surface area contributed by atoms with Crippen LogP contribution in [0.3, 0.4) is 0 Å². The lowest BCUT2D eigenvalue weighted by Crippen LogP contribution is -2.33. The molecule has 1 aliphatic carbocycles. The molecule has 0 saturated heterocycles. The summed E-state index contributed by atoms with van der Waals surface area (Å²) in [5, 5.41) is 10.7. The standard InChI is InChI=1S/C17H22N2O/c1-2-19(14-7-3-4-8-14)17-11-13(12-20)15-9-5-6-10-16(15)18-17/h5-6,9-11,14,20H,2-4,7-8,12H2,1H3. The lowest BCUT2D eigenvalue weighted by Gasteiger charge is -2.29. The van der Waals surface area contributed by atoms with Gasteiger partial charge in [-0.05, 0) is 37.5 Å². The minimum Gasteiger partial charge on any atom is -0.392 e. The van der Waals surface area contributed by atoms with Crippen molar-refractivity contribution in [2.45, 2.75) is 45.3 Å². The van der Waals surface area contributed by atoms with E-state index in [9.17, 15) is 5.11 Å². The molecule has 0 bridgehead atoms. The largest absolute Gasteiger partial charge is 0.392 e. The van der Waals surface area contributed by atoms with Crippen LogP contribution in [0.25, 0.3) is 10.9 Å². The van der Waals surface area contributed by atoms with Crippen molar-refractivity contribution in [3.63, 3.8) is 0 Å². The van der Waals surface area contributed by atoms with Crippen LogP contribution in [0.2, 0.25) is 0 Å². The number of hydrogen-bond donors (Lipinski definition) is 1. The molecule has 0 radical (unpaired) electrons. The number of hydrogen-bond acceptors (Lipinski definition) is 3. The first-order chi connectivity index (χ1) is 9.83. The predicted molar refractivity (Wildman–Crippen MR) is 82.9 cm³/mol. The van der Waals surface area contributed by atoms with E-state index in [4.69, 9.17) is 4.98 Å². The maximum Gasteiger partial charge on any atom is 0.129 e. The van der Waals surface area contributed by atoms with E-state index in [1.807, 2.05) is 24.3 Å². The summed E-state index contributed by atoms with van der Waals surface area (Å²) in [6.45, 7) is 3.23. The molecule has 1 saturated carbocycles. The van der Waals surface area contributed by atoms with Gasteiger partial charge in [-0.2, -0.15) is 0 Å². The number of nitrogens with zero attached hydrogens (tertiary/aromatic N) is 2. The summed E-state index contributed by atoms with van der Waals surface area (Å²) in [6, 6.07) is 10.7. The van der Waals surface area contributed by atoms with Gasteiger partial charge in [-0.3, -0.25) is 0 Å². The minimum absolute atomic E-state index is 0.0677. The molecule has 3 rings (SSSR count). The molecule has 0 atom stereocenters. The molecular formula is C17H22N2O. The van der Waals surface area contributed by atoms with Gasteiger partial charge >= 0.3 is 0 Å². The fourth-order valence-corrected chi connectivity index (χ4v) is 3.33. The summed E-state index contributed by atoms with van der Waals surface area (Å²) < 4.78 is 0. The fraction of sp³-hybridized carbons (Fsp3) is 0.471. The molecular weight excluding hydrogens is 248 g/mol. The van der Waals surface area contributed by atoms with Crippen LogP contribution in [-0.2, 0) is 6.61 Å². The first kappa shape index (κ1) is 13.4. The zero-order chi connectivity index (χ0) is 13.9. The Kier molecular flexibility index (Phi) is 3.88. The number of rotatable bonds is 4. The van der Waals surface area contributed by atoms with Crippen molar-refractivity contribution in [1.82, 2.24) is 4.98 Å². The molecule has 1 N–H and O–H groups in total. The molecule has 1 aromatic heterocycles. The Hall–Kier alpha value is -1.61. The molecule has 1 aliphatic rings. The highest BCUT2D eigenvalue weighted by Crippen LogP contribution is 2.29. The van der Waals surface area contributed by atoms with Crippen molar-refractivity contribution < 1.29 is 5.11 Å². The highest BCUT2D eigenvalue weighted by atomic mass is 16.3. The zero-order valence-electron chi connectivity index (χ0n) is 12.0. The van der Waals surface area contributed by atoms with Gasteiger partial charge in [0.15, 0.2) is 0 Å². The van der Waals surface area contributed by atoms with Crippen LogP contribution < -0.4 is 4.90 Å². The van der Waals surface area contributed by atoms with E-state index in [1.54, 1.807) is 0 Å². The van der Waals surface area contributed by atoms with Gasteiger partial charge < -0.3 is 10.0 Å². The molecule has 3 heteroatoms. The molecule has 1 heterocycles. The molecule has 1 fully saturated rings. The third-order valence-corrected chi connectivity index (χ3v) is 4.36. The van der Waals surface area contributed by atoms with Gasteiger partial charge in [0, 0.05) is 18.0 Å². The Morgan fingerprint density at radius 1 is 1.25 bits per heavy atom. The average molecular weight is 270 g/mol. The summed E-state index contributed by atoms with van der Waals surface area (Å²) in [5.74, 6) is 1.02. The Morgan fingerprint density at radius 2 is 2.00 bits per heavy atom. The van der Waals surface area contributed by atoms with Crippen LogP contribution in [0.1, 0.15) is 38.2 Å². The van der Waals surface area contributed by atoms with Crippen molar-refractivity contribution in [2.75, 3.05) is 11.4 Å². The predicted octanol–water partition coefficient (Wildman–Crippen LogP) is 3.50. The van der Waals surface area contributed by atoms with Crippen LogP contribution in [0.4, 0.5) is 5.82 Å². The van der Waals surface area contributed by atoms with E-state index in [2.05, 4.69) is 17.9 Å². The first-order valence-electron chi connectivity index (χ1n) is 7.59. The molecule has 0 spiro atoms. The molecule has 0 aliphatic heterocycles. The topological polar surface area (TPSA) is 36.4 Å². The second-order valence-corrected chi connectivity index (χ2v) is 5.54. The van der Waals surface area contributed by atoms with E-state index in [0.29, 0.717) is 6.04 Å². The second-order valence-electron chi connectivity index (χ2n) is 5.54. The fourth-order valence-electron chi connectivity index (χ4n) is 3.33. The third-order valence-electron chi connectivity index (χ3n) is 4.36. The zero-order valence-corrected chi connectivity index (χ0v) is 12.0. The van der Waals surface area contributed by atoms with Crippen LogP contribution in [0, 0.1) is 0 Å². The Labute approximate surface area is 120 Å². The van der Waals surface area contributed by atoms with Crippen LogP contribution in [0.5, 0.6) is 0 Å². The summed E-state index contributed by atoms with van der Waals surface area (Å²) in [7, 11) is 0. The number of anilines is 1. The van der Waals surface area contributed by atoms with E-state index in [0.717, 1.165) is 28.8 Å². The Morgan fingerprint density at radius 3 is 2.70 bits per heavy atom. The lowest BCUT2D eigenvalue weighted by molar-refractivity contribution is 0.283. The van der Waals surface area contributed by atoms with Crippen molar-refractivity contribution >= 4 is 16.7 Å². The normalized spacial score (nSPS) is 15.9. The second kappa shape index (κ2) is 5.80. The van der Waals surface area contributed by atoms with Crippen LogP contribution >= 0.6 is 0 Å². The summed E-state index contributed by atoms with van der Waals surface area (Å²) in [5.41, 5.74) is 1.95. The van der Waals surface area contributed by atoms with Crippen LogP contribution in [-0.4, -0.2) is 22.7 Å². The molecule has 106 valence electrons. The summed E-state index contributed by atoms with van der Waals surface area (Å²) >= 11 is 0. The van der Waals surface area contributed by atoms with Gasteiger partial charge in [-0.1, -0.05) is 31.0 Å². The lowest BCUT2D eigenvalue weighted by atomic mass is 10.1. The van der Waals surface area contributed by atoms with E-state index in [1.165, 1.54) is 25.7 Å². The number of benzene rings is 1. The summed E-state index contributed by atoms with van der Waals surface area (Å²) in [4.78, 5) is 7.22. The van der Waals surface area contributed by atoms with Crippen molar-refractivity contribution in [3.8, 4) is 0 Å². The van der Waals surface area contributed by atoms with Gasteiger partial charge in [-0.25, -0.2) is 4.98 Å². The molecule has 3 nitrogen and oxygen atoms in total.